The van der Waals surface area contributed by atoms with E-state index >= 15 is 0 Å². The number of rotatable bonds is 11. The van der Waals surface area contributed by atoms with Gasteiger partial charge >= 0.3 is 0 Å². The molecule has 0 aliphatic rings. The van der Waals surface area contributed by atoms with Gasteiger partial charge in [-0.25, -0.2) is 13.1 Å². The van der Waals surface area contributed by atoms with Crippen molar-refractivity contribution in [2.45, 2.75) is 18.4 Å². The van der Waals surface area contributed by atoms with Gasteiger partial charge in [-0.1, -0.05) is 24.3 Å². The van der Waals surface area contributed by atoms with E-state index in [1.54, 1.807) is 30.6 Å². The number of amides is 1. The molecular formula is C22H26N4O4S. The molecule has 3 aromatic rings. The summed E-state index contributed by atoms with van der Waals surface area (Å²) >= 11 is 0. The first-order valence-corrected chi connectivity index (χ1v) is 11.4. The van der Waals surface area contributed by atoms with Crippen LogP contribution in [0.25, 0.3) is 10.8 Å². The van der Waals surface area contributed by atoms with Gasteiger partial charge in [0.05, 0.1) is 18.1 Å². The molecule has 0 aliphatic heterocycles. The van der Waals surface area contributed by atoms with Gasteiger partial charge in [-0.15, -0.1) is 0 Å². The van der Waals surface area contributed by atoms with Crippen LogP contribution in [0.3, 0.4) is 0 Å². The molecule has 0 spiro atoms. The molecule has 1 amide bonds. The van der Waals surface area contributed by atoms with Crippen LogP contribution in [0.15, 0.2) is 65.8 Å². The Morgan fingerprint density at radius 3 is 2.74 bits per heavy atom. The van der Waals surface area contributed by atoms with Gasteiger partial charge in [-0.3, -0.25) is 9.78 Å². The number of anilines is 1. The molecule has 0 aliphatic carbocycles. The Kier molecular flexibility index (Phi) is 8.07. The quantitative estimate of drug-likeness (QED) is 0.393. The van der Waals surface area contributed by atoms with Crippen LogP contribution < -0.4 is 15.4 Å². The minimum Gasteiger partial charge on any atom is -0.375 e. The minimum absolute atomic E-state index is 0.115. The fourth-order valence-corrected chi connectivity index (χ4v) is 4.34. The maximum atomic E-state index is 12.6. The number of hydrogen-bond acceptors (Lipinski definition) is 6. The second-order valence-electron chi connectivity index (χ2n) is 6.93. The van der Waals surface area contributed by atoms with Crippen LogP contribution in [-0.4, -0.2) is 45.6 Å². The van der Waals surface area contributed by atoms with Crippen molar-refractivity contribution in [3.8, 4) is 0 Å². The molecule has 0 atom stereocenters. The Morgan fingerprint density at radius 1 is 1.06 bits per heavy atom. The Hall–Kier alpha value is -2.85. The summed E-state index contributed by atoms with van der Waals surface area (Å²) in [7, 11) is -3.61. The van der Waals surface area contributed by atoms with E-state index in [9.17, 15) is 13.2 Å². The number of carbonyl (C=O) groups excluding carboxylic acids is 1. The molecule has 31 heavy (non-hydrogen) atoms. The first-order valence-electron chi connectivity index (χ1n) is 9.93. The fraction of sp³-hybridized carbons (Fsp3) is 0.273. The summed E-state index contributed by atoms with van der Waals surface area (Å²) < 4.78 is 33.5. The smallest absolute Gasteiger partial charge is 0.241 e. The molecule has 1 aromatic heterocycles. The van der Waals surface area contributed by atoms with Gasteiger partial charge in [-0.05, 0) is 29.8 Å². The lowest BCUT2D eigenvalue weighted by molar-refractivity contribution is -0.114. The number of benzene rings is 2. The highest BCUT2D eigenvalue weighted by molar-refractivity contribution is 7.89. The van der Waals surface area contributed by atoms with Crippen molar-refractivity contribution < 1.29 is 17.9 Å². The molecule has 0 unspecified atom stereocenters. The normalized spacial score (nSPS) is 11.5. The van der Waals surface area contributed by atoms with E-state index in [0.717, 1.165) is 16.6 Å². The van der Waals surface area contributed by atoms with Gasteiger partial charge in [0.15, 0.2) is 0 Å². The molecule has 164 valence electrons. The monoisotopic (exact) mass is 442 g/mol. The SMILES string of the molecule is CC(=O)Nc1cccc(COCCNCCNS(=O)(=O)c2cccc3cnccc23)c1. The van der Waals surface area contributed by atoms with Gasteiger partial charge in [0.25, 0.3) is 0 Å². The number of ether oxygens (including phenoxy) is 1. The Balaban J connectivity index is 1.36. The van der Waals surface area contributed by atoms with Crippen LogP contribution in [0.1, 0.15) is 12.5 Å². The molecule has 8 nitrogen and oxygen atoms in total. The highest BCUT2D eigenvalue weighted by Crippen LogP contribution is 2.21. The summed E-state index contributed by atoms with van der Waals surface area (Å²) in [6, 6.07) is 14.3. The lowest BCUT2D eigenvalue weighted by atomic mass is 10.2. The Morgan fingerprint density at radius 2 is 1.90 bits per heavy atom. The van der Waals surface area contributed by atoms with Crippen molar-refractivity contribution >= 4 is 32.4 Å². The number of nitrogens with zero attached hydrogens (tertiary/aromatic N) is 1. The second-order valence-corrected chi connectivity index (χ2v) is 8.67. The van der Waals surface area contributed by atoms with Gasteiger partial charge < -0.3 is 15.4 Å². The number of carbonyl (C=O) groups is 1. The van der Waals surface area contributed by atoms with Gasteiger partial charge in [-0.2, -0.15) is 0 Å². The Labute approximate surface area is 182 Å². The van der Waals surface area contributed by atoms with Crippen LogP contribution >= 0.6 is 0 Å². The highest BCUT2D eigenvalue weighted by atomic mass is 32.2. The average molecular weight is 443 g/mol. The van der Waals surface area contributed by atoms with E-state index in [4.69, 9.17) is 4.74 Å². The molecule has 0 bridgehead atoms. The van der Waals surface area contributed by atoms with Crippen LogP contribution in [-0.2, 0) is 26.2 Å². The predicted molar refractivity (Wildman–Crippen MR) is 120 cm³/mol. The van der Waals surface area contributed by atoms with E-state index in [-0.39, 0.29) is 17.3 Å². The van der Waals surface area contributed by atoms with Gasteiger partial charge in [0, 0.05) is 55.4 Å². The van der Waals surface area contributed by atoms with Crippen LogP contribution in [0.5, 0.6) is 0 Å². The lowest BCUT2D eigenvalue weighted by Gasteiger charge is -2.10. The third kappa shape index (κ3) is 6.83. The third-order valence-electron chi connectivity index (χ3n) is 4.46. The van der Waals surface area contributed by atoms with Crippen LogP contribution in [0, 0.1) is 0 Å². The van der Waals surface area contributed by atoms with E-state index in [2.05, 4.69) is 20.3 Å². The Bertz CT molecular complexity index is 1130. The summed E-state index contributed by atoms with van der Waals surface area (Å²) in [5.74, 6) is -0.115. The summed E-state index contributed by atoms with van der Waals surface area (Å²) in [4.78, 5) is 15.4. The predicted octanol–water partition coefficient (Wildman–Crippen LogP) is 2.28. The molecular weight excluding hydrogens is 416 g/mol. The first kappa shape index (κ1) is 22.8. The molecule has 0 radical (unpaired) electrons. The van der Waals surface area contributed by atoms with E-state index in [1.807, 2.05) is 30.3 Å². The number of nitrogens with one attached hydrogen (secondary N) is 3. The zero-order chi connectivity index (χ0) is 22.1. The molecule has 2 aromatic carbocycles. The van der Waals surface area contributed by atoms with Gasteiger partial charge in [0.1, 0.15) is 0 Å². The summed E-state index contributed by atoms with van der Waals surface area (Å²) in [5.41, 5.74) is 1.70. The van der Waals surface area contributed by atoms with E-state index in [1.165, 1.54) is 6.92 Å². The maximum Gasteiger partial charge on any atom is 0.241 e. The van der Waals surface area contributed by atoms with Crippen molar-refractivity contribution in [3.63, 3.8) is 0 Å². The summed E-state index contributed by atoms with van der Waals surface area (Å²) in [6.45, 7) is 3.71. The van der Waals surface area contributed by atoms with Crippen molar-refractivity contribution in [2.75, 3.05) is 31.6 Å². The van der Waals surface area contributed by atoms with Gasteiger partial charge in [0.2, 0.25) is 15.9 Å². The van der Waals surface area contributed by atoms with Crippen molar-refractivity contribution in [1.82, 2.24) is 15.0 Å². The van der Waals surface area contributed by atoms with E-state index in [0.29, 0.717) is 31.7 Å². The highest BCUT2D eigenvalue weighted by Gasteiger charge is 2.16. The topological polar surface area (TPSA) is 109 Å². The lowest BCUT2D eigenvalue weighted by Crippen LogP contribution is -2.33. The molecule has 3 N–H and O–H groups in total. The average Bonchev–Trinajstić information content (AvgIpc) is 2.75. The number of hydrogen-bond donors (Lipinski definition) is 3. The summed E-state index contributed by atoms with van der Waals surface area (Å²) in [5, 5.41) is 7.32. The number of aromatic nitrogens is 1. The standard InChI is InChI=1S/C22H26N4O4S/c1-17(27)26-20-6-2-4-18(14-20)16-30-13-12-23-10-11-25-31(28,29)22-7-3-5-19-15-24-9-8-21(19)22/h2-9,14-15,23,25H,10-13,16H2,1H3,(H,26,27). The number of fused-ring (bicyclic) bond motifs is 1. The van der Waals surface area contributed by atoms with Crippen molar-refractivity contribution in [3.05, 3.63) is 66.5 Å². The largest absolute Gasteiger partial charge is 0.375 e. The fourth-order valence-electron chi connectivity index (χ4n) is 3.08. The zero-order valence-electron chi connectivity index (χ0n) is 17.3. The second kappa shape index (κ2) is 11.0. The van der Waals surface area contributed by atoms with E-state index < -0.39 is 10.0 Å². The minimum atomic E-state index is -3.61. The zero-order valence-corrected chi connectivity index (χ0v) is 18.1. The van der Waals surface area contributed by atoms with Crippen LogP contribution in [0.4, 0.5) is 5.69 Å². The van der Waals surface area contributed by atoms with Crippen LogP contribution in [0.2, 0.25) is 0 Å². The van der Waals surface area contributed by atoms with Crippen molar-refractivity contribution in [1.29, 1.82) is 0 Å². The molecule has 1 heterocycles. The first-order chi connectivity index (χ1) is 15.0. The number of sulfonamides is 1. The maximum absolute atomic E-state index is 12.6. The molecule has 0 saturated carbocycles. The number of pyridine rings is 1. The summed E-state index contributed by atoms with van der Waals surface area (Å²) in [6.07, 6.45) is 3.23. The molecule has 9 heteroatoms. The molecule has 0 fully saturated rings. The third-order valence-corrected chi connectivity index (χ3v) is 5.98. The molecule has 3 rings (SSSR count). The van der Waals surface area contributed by atoms with Crippen molar-refractivity contribution in [2.24, 2.45) is 0 Å². The molecule has 0 saturated heterocycles.